The number of halogens is 1. The predicted octanol–water partition coefficient (Wildman–Crippen LogP) is 2.85. The van der Waals surface area contributed by atoms with Crippen molar-refractivity contribution in [2.45, 2.75) is 25.7 Å². The van der Waals surface area contributed by atoms with Crippen molar-refractivity contribution in [3.05, 3.63) is 24.0 Å². The van der Waals surface area contributed by atoms with E-state index in [1.807, 2.05) is 0 Å². The summed E-state index contributed by atoms with van der Waals surface area (Å²) >= 11 is 0. The number of nitrogens with zero attached hydrogens (tertiary/aromatic N) is 1. The standard InChI is InChI=1S/C15H18FN3O2/c16-11-2-3-12-13(9-11)18-19-15(12)17-14(20)4-1-10-5-7-21-8-6-10/h2-3,9-10H,1,4-8H2,(H2,17,18,19,20). The van der Waals surface area contributed by atoms with Gasteiger partial charge in [0.15, 0.2) is 5.82 Å². The average molecular weight is 291 g/mol. The number of aromatic nitrogens is 2. The van der Waals surface area contributed by atoms with Crippen molar-refractivity contribution >= 4 is 22.6 Å². The minimum absolute atomic E-state index is 0.0563. The molecule has 0 radical (unpaired) electrons. The van der Waals surface area contributed by atoms with Gasteiger partial charge in [0.1, 0.15) is 5.82 Å². The van der Waals surface area contributed by atoms with E-state index in [1.165, 1.54) is 12.1 Å². The third-order valence-electron chi connectivity index (χ3n) is 3.90. The fourth-order valence-corrected chi connectivity index (χ4v) is 2.65. The highest BCUT2D eigenvalue weighted by Crippen LogP contribution is 2.23. The Kier molecular flexibility index (Phi) is 4.15. The van der Waals surface area contributed by atoms with Gasteiger partial charge in [-0.25, -0.2) is 4.39 Å². The number of carbonyl (C=O) groups excluding carboxylic acids is 1. The lowest BCUT2D eigenvalue weighted by Crippen LogP contribution is -2.19. The lowest BCUT2D eigenvalue weighted by molar-refractivity contribution is -0.116. The van der Waals surface area contributed by atoms with E-state index in [-0.39, 0.29) is 11.7 Å². The summed E-state index contributed by atoms with van der Waals surface area (Å²) in [4.78, 5) is 12.0. The SMILES string of the molecule is O=C(CCC1CCOCC1)Nc1n[nH]c2cc(F)ccc12. The molecule has 3 rings (SSSR count). The van der Waals surface area contributed by atoms with Gasteiger partial charge in [-0.3, -0.25) is 9.89 Å². The molecule has 1 aliphatic rings. The van der Waals surface area contributed by atoms with Crippen LogP contribution in [0, 0.1) is 11.7 Å². The van der Waals surface area contributed by atoms with Crippen LogP contribution in [0.15, 0.2) is 18.2 Å². The van der Waals surface area contributed by atoms with E-state index < -0.39 is 0 Å². The van der Waals surface area contributed by atoms with Crippen molar-refractivity contribution in [2.24, 2.45) is 5.92 Å². The van der Waals surface area contributed by atoms with E-state index in [4.69, 9.17) is 4.74 Å². The van der Waals surface area contributed by atoms with Gasteiger partial charge in [-0.2, -0.15) is 5.10 Å². The fourth-order valence-electron chi connectivity index (χ4n) is 2.65. The van der Waals surface area contributed by atoms with Crippen LogP contribution >= 0.6 is 0 Å². The molecule has 1 fully saturated rings. The summed E-state index contributed by atoms with van der Waals surface area (Å²) in [6.07, 6.45) is 3.39. The molecule has 0 spiro atoms. The van der Waals surface area contributed by atoms with E-state index in [0.29, 0.717) is 23.7 Å². The van der Waals surface area contributed by atoms with E-state index >= 15 is 0 Å². The molecule has 1 aromatic carbocycles. The van der Waals surface area contributed by atoms with E-state index in [2.05, 4.69) is 15.5 Å². The largest absolute Gasteiger partial charge is 0.381 e. The Morgan fingerprint density at radius 3 is 3.05 bits per heavy atom. The zero-order valence-corrected chi connectivity index (χ0v) is 11.7. The summed E-state index contributed by atoms with van der Waals surface area (Å²) in [7, 11) is 0. The summed E-state index contributed by atoms with van der Waals surface area (Å²) < 4.78 is 18.4. The second-order valence-electron chi connectivity index (χ2n) is 5.40. The lowest BCUT2D eigenvalue weighted by atomic mass is 9.95. The van der Waals surface area contributed by atoms with E-state index in [9.17, 15) is 9.18 Å². The van der Waals surface area contributed by atoms with Gasteiger partial charge in [-0.15, -0.1) is 0 Å². The zero-order chi connectivity index (χ0) is 14.7. The van der Waals surface area contributed by atoms with Crippen LogP contribution in [-0.2, 0) is 9.53 Å². The first-order valence-corrected chi connectivity index (χ1v) is 7.23. The summed E-state index contributed by atoms with van der Waals surface area (Å²) in [6.45, 7) is 1.59. The molecule has 1 aromatic heterocycles. The highest BCUT2D eigenvalue weighted by Gasteiger charge is 2.16. The van der Waals surface area contributed by atoms with Gasteiger partial charge in [-0.05, 0) is 43.4 Å². The smallest absolute Gasteiger partial charge is 0.225 e. The number of hydrogen-bond acceptors (Lipinski definition) is 3. The molecule has 2 heterocycles. The Morgan fingerprint density at radius 2 is 2.24 bits per heavy atom. The van der Waals surface area contributed by atoms with Gasteiger partial charge in [0, 0.05) is 25.0 Å². The Balaban J connectivity index is 1.58. The number of nitrogens with one attached hydrogen (secondary N) is 2. The molecule has 2 aromatic rings. The van der Waals surface area contributed by atoms with Gasteiger partial charge >= 0.3 is 0 Å². The topological polar surface area (TPSA) is 67.0 Å². The van der Waals surface area contributed by atoms with Crippen LogP contribution in [-0.4, -0.2) is 29.3 Å². The third kappa shape index (κ3) is 3.39. The first kappa shape index (κ1) is 14.0. The maximum absolute atomic E-state index is 13.1. The molecule has 0 aliphatic carbocycles. The molecule has 112 valence electrons. The van der Waals surface area contributed by atoms with Crippen molar-refractivity contribution in [3.63, 3.8) is 0 Å². The Bertz CT molecular complexity index is 635. The zero-order valence-electron chi connectivity index (χ0n) is 11.7. The molecule has 1 aliphatic heterocycles. The van der Waals surface area contributed by atoms with Gasteiger partial charge in [-0.1, -0.05) is 0 Å². The van der Waals surface area contributed by atoms with Crippen LogP contribution in [0.25, 0.3) is 10.9 Å². The molecule has 2 N–H and O–H groups in total. The predicted molar refractivity (Wildman–Crippen MR) is 77.5 cm³/mol. The van der Waals surface area contributed by atoms with Crippen LogP contribution in [0.1, 0.15) is 25.7 Å². The number of hydrogen-bond donors (Lipinski definition) is 2. The molecular weight excluding hydrogens is 273 g/mol. The Hall–Kier alpha value is -1.95. The molecule has 0 atom stereocenters. The first-order valence-electron chi connectivity index (χ1n) is 7.23. The Labute approximate surface area is 121 Å². The lowest BCUT2D eigenvalue weighted by Gasteiger charge is -2.21. The molecule has 6 heteroatoms. The van der Waals surface area contributed by atoms with Crippen molar-refractivity contribution < 1.29 is 13.9 Å². The van der Waals surface area contributed by atoms with Crippen molar-refractivity contribution in [1.29, 1.82) is 0 Å². The van der Waals surface area contributed by atoms with Gasteiger partial charge < -0.3 is 10.1 Å². The van der Waals surface area contributed by atoms with Crippen LogP contribution in [0.3, 0.4) is 0 Å². The van der Waals surface area contributed by atoms with Crippen molar-refractivity contribution in [2.75, 3.05) is 18.5 Å². The number of carbonyl (C=O) groups is 1. The second kappa shape index (κ2) is 6.22. The normalized spacial score (nSPS) is 16.2. The molecule has 0 unspecified atom stereocenters. The monoisotopic (exact) mass is 291 g/mol. The van der Waals surface area contributed by atoms with Gasteiger partial charge in [0.2, 0.25) is 5.91 Å². The van der Waals surface area contributed by atoms with Gasteiger partial charge in [0.25, 0.3) is 0 Å². The summed E-state index contributed by atoms with van der Waals surface area (Å²) in [6, 6.07) is 4.33. The number of amides is 1. The first-order chi connectivity index (χ1) is 10.2. The summed E-state index contributed by atoms with van der Waals surface area (Å²) in [5.41, 5.74) is 0.578. The summed E-state index contributed by atoms with van der Waals surface area (Å²) in [5, 5.41) is 10.3. The van der Waals surface area contributed by atoms with Crippen LogP contribution in [0.2, 0.25) is 0 Å². The number of fused-ring (bicyclic) bond motifs is 1. The van der Waals surface area contributed by atoms with Crippen LogP contribution in [0.4, 0.5) is 10.2 Å². The van der Waals surface area contributed by atoms with Crippen LogP contribution < -0.4 is 5.32 Å². The number of benzene rings is 1. The number of aromatic amines is 1. The average Bonchev–Trinajstić information content (AvgIpc) is 2.88. The third-order valence-corrected chi connectivity index (χ3v) is 3.90. The van der Waals surface area contributed by atoms with Crippen molar-refractivity contribution in [1.82, 2.24) is 10.2 Å². The quantitative estimate of drug-likeness (QED) is 0.910. The molecule has 0 bridgehead atoms. The van der Waals surface area contributed by atoms with E-state index in [0.717, 1.165) is 37.9 Å². The maximum atomic E-state index is 13.1. The minimum atomic E-state index is -0.330. The summed E-state index contributed by atoms with van der Waals surface area (Å²) in [5.74, 6) is 0.638. The molecule has 1 saturated heterocycles. The number of H-pyrrole nitrogens is 1. The molecule has 21 heavy (non-hydrogen) atoms. The van der Waals surface area contributed by atoms with Gasteiger partial charge in [0.05, 0.1) is 5.52 Å². The number of anilines is 1. The molecule has 0 saturated carbocycles. The van der Waals surface area contributed by atoms with E-state index in [1.54, 1.807) is 6.07 Å². The fraction of sp³-hybridized carbons (Fsp3) is 0.467. The molecule has 5 nitrogen and oxygen atoms in total. The maximum Gasteiger partial charge on any atom is 0.225 e. The second-order valence-corrected chi connectivity index (χ2v) is 5.40. The highest BCUT2D eigenvalue weighted by atomic mass is 19.1. The van der Waals surface area contributed by atoms with Crippen molar-refractivity contribution in [3.8, 4) is 0 Å². The number of rotatable bonds is 4. The molecule has 1 amide bonds. The highest BCUT2D eigenvalue weighted by molar-refractivity contribution is 5.99. The Morgan fingerprint density at radius 1 is 1.43 bits per heavy atom. The van der Waals surface area contributed by atoms with Crippen LogP contribution in [0.5, 0.6) is 0 Å². The number of ether oxygens (including phenoxy) is 1. The molecular formula is C15H18FN3O2. The minimum Gasteiger partial charge on any atom is -0.381 e.